The van der Waals surface area contributed by atoms with Gasteiger partial charge in [0.05, 0.1) is 17.8 Å². The van der Waals surface area contributed by atoms with Crippen LogP contribution in [0.5, 0.6) is 0 Å². The molecule has 0 saturated carbocycles. The molecule has 2 aromatic rings. The summed E-state index contributed by atoms with van der Waals surface area (Å²) in [6.45, 7) is 1.86. The molecule has 3 heterocycles. The lowest BCUT2D eigenvalue weighted by Gasteiger charge is -2.24. The molecule has 0 radical (unpaired) electrons. The van der Waals surface area contributed by atoms with Crippen LogP contribution >= 0.6 is 11.6 Å². The van der Waals surface area contributed by atoms with E-state index in [0.29, 0.717) is 18.0 Å². The number of carbonyl (C=O) groups excluding carboxylic acids is 2. The highest BCUT2D eigenvalue weighted by atomic mass is 35.5. The molecule has 2 N–H and O–H groups in total. The first kappa shape index (κ1) is 19.9. The number of rotatable bonds is 6. The molecule has 0 bridgehead atoms. The normalized spacial score (nSPS) is 24.7. The Labute approximate surface area is 173 Å². The zero-order valence-corrected chi connectivity index (χ0v) is 17.0. The monoisotopic (exact) mass is 417 g/mol. The first-order valence-corrected chi connectivity index (χ1v) is 10.2. The number of carbonyl (C=O) groups is 2. The third kappa shape index (κ3) is 4.17. The van der Waals surface area contributed by atoms with Crippen molar-refractivity contribution in [3.8, 4) is 5.69 Å². The Hall–Kier alpha value is -2.36. The smallest absolute Gasteiger partial charge is 0.238 e. The number of tetrazole rings is 1. The van der Waals surface area contributed by atoms with Crippen LogP contribution in [0.25, 0.3) is 5.69 Å². The minimum Gasteiger partial charge on any atom is -0.351 e. The summed E-state index contributed by atoms with van der Waals surface area (Å²) in [5, 5.41) is 17.9. The Kier molecular flexibility index (Phi) is 5.89. The maximum absolute atomic E-state index is 13.0. The Morgan fingerprint density at radius 2 is 2.21 bits per heavy atom. The quantitative estimate of drug-likeness (QED) is 0.708. The van der Waals surface area contributed by atoms with Crippen LogP contribution < -0.4 is 10.6 Å². The van der Waals surface area contributed by atoms with Gasteiger partial charge in [-0.15, -0.1) is 5.10 Å². The molecule has 2 saturated heterocycles. The number of nitrogens with zero attached hydrogens (tertiary/aromatic N) is 5. The molecular formula is C19H24ClN7O2. The average molecular weight is 418 g/mol. The molecule has 2 fully saturated rings. The van der Waals surface area contributed by atoms with Crippen molar-refractivity contribution in [3.63, 3.8) is 0 Å². The molecule has 1 amide bonds. The summed E-state index contributed by atoms with van der Waals surface area (Å²) in [7, 11) is 1.98. The van der Waals surface area contributed by atoms with E-state index in [1.807, 2.05) is 7.05 Å². The number of amides is 1. The van der Waals surface area contributed by atoms with Crippen molar-refractivity contribution in [1.82, 2.24) is 35.7 Å². The molecule has 9 nitrogen and oxygen atoms in total. The van der Waals surface area contributed by atoms with Gasteiger partial charge in [-0.05, 0) is 73.6 Å². The molecule has 0 unspecified atom stereocenters. The van der Waals surface area contributed by atoms with Crippen molar-refractivity contribution in [2.45, 2.75) is 37.9 Å². The van der Waals surface area contributed by atoms with Gasteiger partial charge in [0.25, 0.3) is 0 Å². The minimum atomic E-state index is -0.507. The molecular weight excluding hydrogens is 394 g/mol. The number of benzene rings is 1. The molecule has 10 heteroatoms. The van der Waals surface area contributed by atoms with E-state index in [0.717, 1.165) is 30.6 Å². The molecule has 0 aliphatic carbocycles. The Bertz CT molecular complexity index is 889. The first-order valence-electron chi connectivity index (χ1n) is 9.81. The maximum Gasteiger partial charge on any atom is 0.238 e. The molecule has 3 atom stereocenters. The van der Waals surface area contributed by atoms with Gasteiger partial charge in [-0.3, -0.25) is 14.5 Å². The van der Waals surface area contributed by atoms with Crippen molar-refractivity contribution in [1.29, 1.82) is 0 Å². The fourth-order valence-electron chi connectivity index (χ4n) is 4.29. The highest BCUT2D eigenvalue weighted by Crippen LogP contribution is 2.25. The number of hydrogen-bond acceptors (Lipinski definition) is 7. The first-order chi connectivity index (χ1) is 14.0. The van der Waals surface area contributed by atoms with E-state index >= 15 is 0 Å². The number of nitrogens with one attached hydrogen (secondary N) is 2. The summed E-state index contributed by atoms with van der Waals surface area (Å²) >= 11 is 6.14. The predicted octanol–water partition coefficient (Wildman–Crippen LogP) is 0.573. The van der Waals surface area contributed by atoms with Crippen LogP contribution in [0.1, 0.15) is 24.8 Å². The van der Waals surface area contributed by atoms with Crippen LogP contribution in [0, 0.1) is 5.92 Å². The Morgan fingerprint density at radius 3 is 2.93 bits per heavy atom. The number of aromatic nitrogens is 4. The number of likely N-dealkylation sites (N-methyl/N-ethyl adjacent to an activating group) is 1. The van der Waals surface area contributed by atoms with Gasteiger partial charge in [0.1, 0.15) is 6.33 Å². The van der Waals surface area contributed by atoms with Crippen molar-refractivity contribution >= 4 is 23.3 Å². The van der Waals surface area contributed by atoms with Gasteiger partial charge >= 0.3 is 0 Å². The van der Waals surface area contributed by atoms with Gasteiger partial charge in [0.15, 0.2) is 5.78 Å². The highest BCUT2D eigenvalue weighted by Gasteiger charge is 2.42. The molecule has 154 valence electrons. The molecule has 2 aliphatic heterocycles. The second-order valence-corrected chi connectivity index (χ2v) is 8.05. The summed E-state index contributed by atoms with van der Waals surface area (Å²) < 4.78 is 1.52. The van der Waals surface area contributed by atoms with Gasteiger partial charge in [-0.25, -0.2) is 4.68 Å². The van der Waals surface area contributed by atoms with Crippen LogP contribution in [-0.4, -0.2) is 69.0 Å². The summed E-state index contributed by atoms with van der Waals surface area (Å²) in [5.74, 6) is -0.296. The highest BCUT2D eigenvalue weighted by molar-refractivity contribution is 6.30. The van der Waals surface area contributed by atoms with Crippen molar-refractivity contribution in [2.75, 3.05) is 20.1 Å². The second-order valence-electron chi connectivity index (χ2n) is 7.61. The predicted molar refractivity (Wildman–Crippen MR) is 107 cm³/mol. The molecule has 29 heavy (non-hydrogen) atoms. The van der Waals surface area contributed by atoms with Crippen LogP contribution in [0.15, 0.2) is 24.5 Å². The van der Waals surface area contributed by atoms with Crippen molar-refractivity contribution < 1.29 is 9.59 Å². The number of likely N-dealkylation sites (tertiary alicyclic amines) is 1. The lowest BCUT2D eigenvalue weighted by atomic mass is 9.89. The van der Waals surface area contributed by atoms with Gasteiger partial charge < -0.3 is 10.6 Å². The number of hydrogen-bond donors (Lipinski definition) is 2. The third-order valence-electron chi connectivity index (χ3n) is 5.81. The van der Waals surface area contributed by atoms with Gasteiger partial charge in [0, 0.05) is 17.5 Å². The van der Waals surface area contributed by atoms with Crippen LogP contribution in [0.4, 0.5) is 0 Å². The second kappa shape index (κ2) is 8.56. The Balaban J connectivity index is 1.44. The number of ketones is 1. The largest absolute Gasteiger partial charge is 0.351 e. The number of halogens is 1. The molecule has 4 rings (SSSR count). The van der Waals surface area contributed by atoms with E-state index < -0.39 is 6.04 Å². The zero-order chi connectivity index (χ0) is 20.4. The number of Topliss-reactive ketones (excluding diaryl/α,β-unsaturated/α-hetero) is 1. The minimum absolute atomic E-state index is 0.0745. The van der Waals surface area contributed by atoms with E-state index in [-0.39, 0.29) is 30.2 Å². The summed E-state index contributed by atoms with van der Waals surface area (Å²) in [4.78, 5) is 28.0. The molecule has 2 aliphatic rings. The third-order valence-corrected chi connectivity index (χ3v) is 6.04. The fraction of sp³-hybridized carbons (Fsp3) is 0.526. The maximum atomic E-state index is 13.0. The molecule has 0 spiro atoms. The van der Waals surface area contributed by atoms with E-state index in [9.17, 15) is 9.59 Å². The SMILES string of the molecule is CN1CCC[C@@H]1C(=O)[C@H]1CCN[C@@H]1C(=O)NCc1cc(Cl)ccc1-n1cnnn1. The van der Waals surface area contributed by atoms with Crippen LogP contribution in [0.3, 0.4) is 0 Å². The molecule has 1 aromatic carbocycles. The van der Waals surface area contributed by atoms with Crippen molar-refractivity contribution in [2.24, 2.45) is 5.92 Å². The topological polar surface area (TPSA) is 105 Å². The fourth-order valence-corrected chi connectivity index (χ4v) is 4.48. The van der Waals surface area contributed by atoms with E-state index in [1.54, 1.807) is 18.2 Å². The summed E-state index contributed by atoms with van der Waals surface area (Å²) in [6, 6.07) is 4.74. The van der Waals surface area contributed by atoms with E-state index in [1.165, 1.54) is 11.0 Å². The summed E-state index contributed by atoms with van der Waals surface area (Å²) in [6.07, 6.45) is 4.07. The van der Waals surface area contributed by atoms with Crippen LogP contribution in [0.2, 0.25) is 5.02 Å². The van der Waals surface area contributed by atoms with E-state index in [2.05, 4.69) is 31.1 Å². The van der Waals surface area contributed by atoms with Gasteiger partial charge in [-0.2, -0.15) is 0 Å². The summed E-state index contributed by atoms with van der Waals surface area (Å²) in [5.41, 5.74) is 1.52. The van der Waals surface area contributed by atoms with Crippen molar-refractivity contribution in [3.05, 3.63) is 35.1 Å². The lowest BCUT2D eigenvalue weighted by Crippen LogP contribution is -2.48. The van der Waals surface area contributed by atoms with Gasteiger partial charge in [-0.1, -0.05) is 11.6 Å². The van der Waals surface area contributed by atoms with Gasteiger partial charge in [0.2, 0.25) is 5.91 Å². The Morgan fingerprint density at radius 1 is 1.34 bits per heavy atom. The molecule has 1 aromatic heterocycles. The standard InChI is InChI=1S/C19H24ClN7O2/c1-26-8-2-3-16(26)18(28)14-6-7-21-17(14)19(29)22-10-12-9-13(20)4-5-15(12)27-11-23-24-25-27/h4-5,9,11,14,16-17,21H,2-3,6-8,10H2,1H3,(H,22,29)/t14-,16+,17-/m0/s1. The zero-order valence-electron chi connectivity index (χ0n) is 16.2. The van der Waals surface area contributed by atoms with Crippen LogP contribution in [-0.2, 0) is 16.1 Å². The lowest BCUT2D eigenvalue weighted by molar-refractivity contribution is -0.132. The average Bonchev–Trinajstić information content (AvgIpc) is 3.46. The van der Waals surface area contributed by atoms with E-state index in [4.69, 9.17) is 11.6 Å².